The second-order valence-corrected chi connectivity index (χ2v) is 13.0. The van der Waals surface area contributed by atoms with Gasteiger partial charge in [-0.3, -0.25) is 9.59 Å². The fraction of sp³-hybridized carbons (Fsp3) is 0.579. The van der Waals surface area contributed by atoms with E-state index in [1.54, 1.807) is 0 Å². The summed E-state index contributed by atoms with van der Waals surface area (Å²) >= 11 is 6.31. The SMILES string of the molecule is O=C(Cc1c(I)cc(I)cc1I)C1CCC(C(=O)OC(CS(=O)(=O)[O-])(C(F)(F)F)C(F)(F)F)CC1. The van der Waals surface area contributed by atoms with Crippen molar-refractivity contribution < 1.29 is 53.6 Å². The Morgan fingerprint density at radius 3 is 1.74 bits per heavy atom. The molecule has 0 atom stereocenters. The second-order valence-electron chi connectivity index (χ2n) is 7.99. The Balaban J connectivity index is 2.14. The zero-order valence-electron chi connectivity index (χ0n) is 17.3. The van der Waals surface area contributed by atoms with Crippen molar-refractivity contribution in [3.8, 4) is 0 Å². The largest absolute Gasteiger partial charge is 0.748 e. The molecule has 2 rings (SSSR count). The average Bonchev–Trinajstić information content (AvgIpc) is 2.67. The maximum atomic E-state index is 13.3. The molecule has 0 saturated heterocycles. The number of Topliss-reactive ketones (excluding diaryl/α,β-unsaturated/α-hetero) is 1. The van der Waals surface area contributed by atoms with Gasteiger partial charge in [0.2, 0.25) is 0 Å². The summed E-state index contributed by atoms with van der Waals surface area (Å²) < 4.78 is 119. The summed E-state index contributed by atoms with van der Waals surface area (Å²) in [5.41, 5.74) is -4.68. The van der Waals surface area contributed by atoms with Crippen LogP contribution in [-0.4, -0.2) is 48.4 Å². The maximum absolute atomic E-state index is 13.3. The zero-order valence-corrected chi connectivity index (χ0v) is 24.6. The Morgan fingerprint density at radius 1 is 0.914 bits per heavy atom. The third-order valence-corrected chi connectivity index (χ3v) is 8.85. The Labute approximate surface area is 237 Å². The van der Waals surface area contributed by atoms with Crippen LogP contribution in [-0.2, 0) is 30.9 Å². The third kappa shape index (κ3) is 7.78. The molecule has 0 spiro atoms. The molecule has 1 aliphatic rings. The highest BCUT2D eigenvalue weighted by Crippen LogP contribution is 2.47. The summed E-state index contributed by atoms with van der Waals surface area (Å²) in [4.78, 5) is 25.0. The first-order chi connectivity index (χ1) is 15.8. The molecule has 0 N–H and O–H groups in total. The molecule has 1 aliphatic carbocycles. The van der Waals surface area contributed by atoms with Crippen LogP contribution >= 0.6 is 67.8 Å². The zero-order chi connectivity index (χ0) is 27.0. The van der Waals surface area contributed by atoms with Crippen molar-refractivity contribution in [2.45, 2.75) is 50.1 Å². The monoisotopic (exact) mass is 867 g/mol. The lowest BCUT2D eigenvalue weighted by Gasteiger charge is -2.38. The number of carbonyl (C=O) groups is 2. The van der Waals surface area contributed by atoms with Crippen LogP contribution in [0.3, 0.4) is 0 Å². The molecule has 16 heteroatoms. The van der Waals surface area contributed by atoms with Gasteiger partial charge in [0.1, 0.15) is 5.78 Å². The van der Waals surface area contributed by atoms with E-state index in [0.717, 1.165) is 16.3 Å². The summed E-state index contributed by atoms with van der Waals surface area (Å²) in [6.45, 7) is 0. The predicted molar refractivity (Wildman–Crippen MR) is 134 cm³/mol. The third-order valence-electron chi connectivity index (χ3n) is 5.54. The normalized spacial score (nSPS) is 19.9. The van der Waals surface area contributed by atoms with Gasteiger partial charge in [-0.05, 0) is 111 Å². The van der Waals surface area contributed by atoms with E-state index in [4.69, 9.17) is 0 Å². The van der Waals surface area contributed by atoms with E-state index in [0.29, 0.717) is 0 Å². The van der Waals surface area contributed by atoms with E-state index in [2.05, 4.69) is 72.5 Å². The number of rotatable bonds is 7. The van der Waals surface area contributed by atoms with Crippen LogP contribution in [0.5, 0.6) is 0 Å². The predicted octanol–water partition coefficient (Wildman–Crippen LogP) is 5.37. The van der Waals surface area contributed by atoms with Gasteiger partial charge in [-0.25, -0.2) is 8.42 Å². The number of halogens is 9. The minimum absolute atomic E-state index is 0.0288. The minimum atomic E-state index is -6.41. The number of ketones is 1. The topological polar surface area (TPSA) is 101 Å². The minimum Gasteiger partial charge on any atom is -0.748 e. The number of alkyl halides is 6. The van der Waals surface area contributed by atoms with E-state index in [-0.39, 0.29) is 37.9 Å². The van der Waals surface area contributed by atoms with Gasteiger partial charge in [0.15, 0.2) is 0 Å². The smallest absolute Gasteiger partial charge is 0.438 e. The molecule has 1 aromatic rings. The fourth-order valence-corrected chi connectivity index (χ4v) is 8.53. The summed E-state index contributed by atoms with van der Waals surface area (Å²) in [5, 5.41) is 0. The molecular formula is C19H16F6I3O6S-. The van der Waals surface area contributed by atoms with E-state index < -0.39 is 51.6 Å². The molecule has 0 heterocycles. The van der Waals surface area contributed by atoms with Crippen LogP contribution < -0.4 is 0 Å². The number of esters is 1. The Kier molecular flexibility index (Phi) is 10.2. The lowest BCUT2D eigenvalue weighted by atomic mass is 9.79. The highest BCUT2D eigenvalue weighted by Gasteiger charge is 2.75. The summed E-state index contributed by atoms with van der Waals surface area (Å²) in [6, 6.07) is 3.77. The summed E-state index contributed by atoms with van der Waals surface area (Å²) in [6.07, 6.45) is -13.1. The van der Waals surface area contributed by atoms with Crippen LogP contribution in [0, 0.1) is 22.5 Å². The molecule has 1 aromatic carbocycles. The molecule has 0 aliphatic heterocycles. The van der Waals surface area contributed by atoms with E-state index in [1.165, 1.54) is 0 Å². The highest BCUT2D eigenvalue weighted by molar-refractivity contribution is 14.1. The van der Waals surface area contributed by atoms with Crippen LogP contribution in [0.1, 0.15) is 31.2 Å². The number of benzene rings is 1. The molecule has 0 amide bonds. The van der Waals surface area contributed by atoms with Crippen molar-refractivity contribution in [1.29, 1.82) is 0 Å². The fourth-order valence-electron chi connectivity index (χ4n) is 3.68. The standard InChI is InChI=1S/C19H17F6I3O6S/c20-18(21,22)17(19(23,24)25,8-35(31,32)33)34-16(30)10-3-1-9(2-4-10)15(29)7-12-13(27)5-11(26)6-14(12)28/h5-6,9-10H,1-4,7-8H2,(H,31,32,33)/p-1. The molecule has 35 heavy (non-hydrogen) atoms. The van der Waals surface area contributed by atoms with Crippen molar-refractivity contribution in [3.63, 3.8) is 0 Å². The van der Waals surface area contributed by atoms with Crippen molar-refractivity contribution in [1.82, 2.24) is 0 Å². The molecule has 0 unspecified atom stereocenters. The first kappa shape index (κ1) is 31.3. The van der Waals surface area contributed by atoms with Crippen LogP contribution in [0.25, 0.3) is 0 Å². The number of hydrogen-bond acceptors (Lipinski definition) is 6. The van der Waals surface area contributed by atoms with Gasteiger partial charge in [0, 0.05) is 23.0 Å². The van der Waals surface area contributed by atoms with Gasteiger partial charge < -0.3 is 9.29 Å². The van der Waals surface area contributed by atoms with Gasteiger partial charge in [-0.15, -0.1) is 0 Å². The van der Waals surface area contributed by atoms with Gasteiger partial charge in [0.25, 0.3) is 0 Å². The number of ether oxygens (including phenoxy) is 1. The van der Waals surface area contributed by atoms with Crippen molar-refractivity contribution in [3.05, 3.63) is 28.4 Å². The average molecular weight is 867 g/mol. The lowest BCUT2D eigenvalue weighted by molar-refractivity contribution is -0.362. The van der Waals surface area contributed by atoms with Gasteiger partial charge in [-0.1, -0.05) is 0 Å². The number of carbonyl (C=O) groups excluding carboxylic acids is 2. The summed E-state index contributed by atoms with van der Waals surface area (Å²) in [7, 11) is -6.10. The maximum Gasteiger partial charge on any atom is 0.438 e. The van der Waals surface area contributed by atoms with E-state index in [9.17, 15) is 48.9 Å². The first-order valence-corrected chi connectivity index (χ1v) is 14.5. The van der Waals surface area contributed by atoms with Crippen molar-refractivity contribution in [2.24, 2.45) is 11.8 Å². The quantitative estimate of drug-likeness (QED) is 0.158. The first-order valence-electron chi connectivity index (χ1n) is 9.73. The van der Waals surface area contributed by atoms with Crippen LogP contribution in [0.15, 0.2) is 12.1 Å². The summed E-state index contributed by atoms with van der Waals surface area (Å²) in [5.74, 6) is -7.10. The molecule has 6 nitrogen and oxygen atoms in total. The molecule has 0 radical (unpaired) electrons. The Morgan fingerprint density at radius 2 is 1.34 bits per heavy atom. The van der Waals surface area contributed by atoms with E-state index in [1.807, 2.05) is 12.1 Å². The molecule has 0 bridgehead atoms. The van der Waals surface area contributed by atoms with E-state index >= 15 is 0 Å². The lowest BCUT2D eigenvalue weighted by Crippen LogP contribution is -2.64. The highest BCUT2D eigenvalue weighted by atomic mass is 127. The Bertz CT molecular complexity index is 1040. The second kappa shape index (κ2) is 11.4. The molecule has 1 saturated carbocycles. The van der Waals surface area contributed by atoms with Gasteiger partial charge in [0.05, 0.1) is 21.8 Å². The number of hydrogen-bond donors (Lipinski definition) is 0. The van der Waals surface area contributed by atoms with Gasteiger partial charge in [-0.2, -0.15) is 26.3 Å². The van der Waals surface area contributed by atoms with Crippen LogP contribution in [0.2, 0.25) is 0 Å². The van der Waals surface area contributed by atoms with Gasteiger partial charge >= 0.3 is 23.9 Å². The molecular weight excluding hydrogens is 851 g/mol. The Hall–Kier alpha value is 0.0400. The van der Waals surface area contributed by atoms with Crippen molar-refractivity contribution in [2.75, 3.05) is 5.75 Å². The molecule has 0 aromatic heterocycles. The molecule has 1 fully saturated rings. The van der Waals surface area contributed by atoms with Crippen molar-refractivity contribution >= 4 is 89.6 Å². The molecule has 198 valence electrons. The van der Waals surface area contributed by atoms with Crippen LogP contribution in [0.4, 0.5) is 26.3 Å².